The summed E-state index contributed by atoms with van der Waals surface area (Å²) < 4.78 is 0. The lowest BCUT2D eigenvalue weighted by atomic mass is 10.1. The average Bonchev–Trinajstić information content (AvgIpc) is 2.49. The summed E-state index contributed by atoms with van der Waals surface area (Å²) in [7, 11) is 0. The maximum atomic E-state index is 11.7. The van der Waals surface area contributed by atoms with Crippen LogP contribution in [0.1, 0.15) is 35.2 Å². The molecule has 1 saturated heterocycles. The summed E-state index contributed by atoms with van der Waals surface area (Å²) in [5.74, 6) is -0.930. The molecule has 1 aliphatic rings. The number of carboxylic acids is 1. The monoisotopic (exact) mass is 291 g/mol. The second kappa shape index (κ2) is 7.64. The highest BCUT2D eigenvalue weighted by Gasteiger charge is 2.12. The second-order valence-corrected chi connectivity index (χ2v) is 5.17. The summed E-state index contributed by atoms with van der Waals surface area (Å²) >= 11 is 0. The third-order valence-electron chi connectivity index (χ3n) is 3.52. The van der Waals surface area contributed by atoms with Crippen LogP contribution in [-0.2, 0) is 6.42 Å². The van der Waals surface area contributed by atoms with E-state index in [1.807, 2.05) is 5.01 Å². The molecular formula is C15H21N3O3. The van der Waals surface area contributed by atoms with E-state index >= 15 is 0 Å². The van der Waals surface area contributed by atoms with Crippen LogP contribution in [0.3, 0.4) is 0 Å². The summed E-state index contributed by atoms with van der Waals surface area (Å²) in [6, 6.07) is 6.51. The standard InChI is InChI=1S/C15H21N3O3/c19-14(20)13-6-4-12(5-7-13)8-9-16-15(21)17-18-10-2-1-3-11-18/h4-7H,1-3,8-11H2,(H,19,20)(H2,16,17,21). The van der Waals surface area contributed by atoms with Crippen LogP contribution in [0.5, 0.6) is 0 Å². The van der Waals surface area contributed by atoms with E-state index in [-0.39, 0.29) is 11.6 Å². The van der Waals surface area contributed by atoms with Gasteiger partial charge < -0.3 is 10.4 Å². The summed E-state index contributed by atoms with van der Waals surface area (Å²) in [6.07, 6.45) is 4.14. The fraction of sp³-hybridized carbons (Fsp3) is 0.467. The van der Waals surface area contributed by atoms with Gasteiger partial charge in [0.05, 0.1) is 5.56 Å². The first-order valence-electron chi connectivity index (χ1n) is 7.27. The largest absolute Gasteiger partial charge is 0.478 e. The zero-order chi connectivity index (χ0) is 15.1. The fourth-order valence-electron chi connectivity index (χ4n) is 2.32. The SMILES string of the molecule is O=C(NCCc1ccc(C(=O)O)cc1)NN1CCCCC1. The number of piperidine rings is 1. The molecule has 0 unspecified atom stereocenters. The van der Waals surface area contributed by atoms with Crippen LogP contribution in [0, 0.1) is 0 Å². The molecule has 2 rings (SSSR count). The van der Waals surface area contributed by atoms with Crippen molar-refractivity contribution in [3.8, 4) is 0 Å². The molecule has 114 valence electrons. The molecule has 21 heavy (non-hydrogen) atoms. The average molecular weight is 291 g/mol. The van der Waals surface area contributed by atoms with Crippen molar-refractivity contribution < 1.29 is 14.7 Å². The van der Waals surface area contributed by atoms with E-state index in [9.17, 15) is 9.59 Å². The van der Waals surface area contributed by atoms with Crippen molar-refractivity contribution in [2.75, 3.05) is 19.6 Å². The van der Waals surface area contributed by atoms with Crippen molar-refractivity contribution >= 4 is 12.0 Å². The molecule has 1 aromatic rings. The number of hydrazine groups is 1. The Morgan fingerprint density at radius 1 is 1.10 bits per heavy atom. The minimum Gasteiger partial charge on any atom is -0.478 e. The minimum absolute atomic E-state index is 0.181. The predicted molar refractivity (Wildman–Crippen MR) is 79.1 cm³/mol. The highest BCUT2D eigenvalue weighted by Crippen LogP contribution is 2.06. The number of carboxylic acid groups (broad SMARTS) is 1. The van der Waals surface area contributed by atoms with Gasteiger partial charge in [-0.25, -0.2) is 14.6 Å². The molecule has 0 atom stereocenters. The Morgan fingerprint density at radius 3 is 2.38 bits per heavy atom. The number of amides is 2. The Kier molecular flexibility index (Phi) is 5.57. The van der Waals surface area contributed by atoms with E-state index in [0.29, 0.717) is 13.0 Å². The number of benzene rings is 1. The molecule has 3 N–H and O–H groups in total. The molecular weight excluding hydrogens is 270 g/mol. The quantitative estimate of drug-likeness (QED) is 0.770. The molecule has 0 bridgehead atoms. The van der Waals surface area contributed by atoms with E-state index in [2.05, 4.69) is 10.7 Å². The number of nitrogens with one attached hydrogen (secondary N) is 2. The highest BCUT2D eigenvalue weighted by atomic mass is 16.4. The second-order valence-electron chi connectivity index (χ2n) is 5.17. The van der Waals surface area contributed by atoms with E-state index < -0.39 is 5.97 Å². The van der Waals surface area contributed by atoms with Crippen molar-refractivity contribution in [1.29, 1.82) is 0 Å². The maximum absolute atomic E-state index is 11.7. The third kappa shape index (κ3) is 5.07. The van der Waals surface area contributed by atoms with Crippen LogP contribution in [0.2, 0.25) is 0 Å². The lowest BCUT2D eigenvalue weighted by Crippen LogP contribution is -2.49. The number of carbonyl (C=O) groups is 2. The lowest BCUT2D eigenvalue weighted by molar-refractivity contribution is 0.0697. The van der Waals surface area contributed by atoms with Gasteiger partial charge in [0.2, 0.25) is 0 Å². The Labute approximate surface area is 124 Å². The van der Waals surface area contributed by atoms with Gasteiger partial charge in [-0.3, -0.25) is 5.43 Å². The van der Waals surface area contributed by atoms with Crippen LogP contribution >= 0.6 is 0 Å². The van der Waals surface area contributed by atoms with E-state index in [1.54, 1.807) is 24.3 Å². The van der Waals surface area contributed by atoms with Gasteiger partial charge in [-0.1, -0.05) is 18.6 Å². The lowest BCUT2D eigenvalue weighted by Gasteiger charge is -2.26. The fourth-order valence-corrected chi connectivity index (χ4v) is 2.32. The molecule has 1 heterocycles. The van der Waals surface area contributed by atoms with Crippen LogP contribution in [0.15, 0.2) is 24.3 Å². The molecule has 1 aliphatic heterocycles. The Bertz CT molecular complexity index is 481. The smallest absolute Gasteiger partial charge is 0.335 e. The number of nitrogens with zero attached hydrogens (tertiary/aromatic N) is 1. The van der Waals surface area contributed by atoms with Crippen LogP contribution in [-0.4, -0.2) is 41.8 Å². The number of aromatic carboxylic acids is 1. The van der Waals surface area contributed by atoms with Crippen molar-refractivity contribution in [3.05, 3.63) is 35.4 Å². The van der Waals surface area contributed by atoms with Gasteiger partial charge in [0, 0.05) is 19.6 Å². The highest BCUT2D eigenvalue weighted by molar-refractivity contribution is 5.87. The molecule has 0 aromatic heterocycles. The Morgan fingerprint density at radius 2 is 1.76 bits per heavy atom. The molecule has 0 radical (unpaired) electrons. The summed E-state index contributed by atoms with van der Waals surface area (Å²) in [5, 5.41) is 13.6. The normalized spacial score (nSPS) is 15.4. The van der Waals surface area contributed by atoms with Crippen molar-refractivity contribution in [2.45, 2.75) is 25.7 Å². The number of rotatable bonds is 5. The van der Waals surface area contributed by atoms with Crippen LogP contribution in [0.25, 0.3) is 0 Å². The van der Waals surface area contributed by atoms with Gasteiger partial charge in [0.25, 0.3) is 0 Å². The first-order valence-corrected chi connectivity index (χ1v) is 7.27. The van der Waals surface area contributed by atoms with Gasteiger partial charge in [-0.05, 0) is 37.0 Å². The molecule has 0 aliphatic carbocycles. The number of carbonyl (C=O) groups excluding carboxylic acids is 1. The summed E-state index contributed by atoms with van der Waals surface area (Å²) in [5.41, 5.74) is 4.11. The minimum atomic E-state index is -0.930. The van der Waals surface area contributed by atoms with Gasteiger partial charge in [0.15, 0.2) is 0 Å². The Hall–Kier alpha value is -2.08. The van der Waals surface area contributed by atoms with Crippen molar-refractivity contribution in [1.82, 2.24) is 15.8 Å². The summed E-state index contributed by atoms with van der Waals surface area (Å²) in [4.78, 5) is 22.4. The Balaban J connectivity index is 1.68. The van der Waals surface area contributed by atoms with E-state index in [4.69, 9.17) is 5.11 Å². The van der Waals surface area contributed by atoms with E-state index in [0.717, 1.165) is 31.5 Å². The molecule has 0 spiro atoms. The molecule has 1 aromatic carbocycles. The van der Waals surface area contributed by atoms with Gasteiger partial charge in [0.1, 0.15) is 0 Å². The van der Waals surface area contributed by atoms with Crippen molar-refractivity contribution in [2.24, 2.45) is 0 Å². The third-order valence-corrected chi connectivity index (χ3v) is 3.52. The van der Waals surface area contributed by atoms with E-state index in [1.165, 1.54) is 6.42 Å². The molecule has 6 heteroatoms. The number of hydrogen-bond acceptors (Lipinski definition) is 3. The summed E-state index contributed by atoms with van der Waals surface area (Å²) in [6.45, 7) is 2.33. The van der Waals surface area contributed by atoms with Crippen LogP contribution in [0.4, 0.5) is 4.79 Å². The van der Waals surface area contributed by atoms with Crippen molar-refractivity contribution in [3.63, 3.8) is 0 Å². The van der Waals surface area contributed by atoms with Gasteiger partial charge >= 0.3 is 12.0 Å². The van der Waals surface area contributed by atoms with Gasteiger partial charge in [-0.15, -0.1) is 0 Å². The van der Waals surface area contributed by atoms with Gasteiger partial charge in [-0.2, -0.15) is 0 Å². The predicted octanol–water partition coefficient (Wildman–Crippen LogP) is 1.63. The molecule has 1 fully saturated rings. The first-order chi connectivity index (χ1) is 10.1. The zero-order valence-corrected chi connectivity index (χ0v) is 12.0. The van der Waals surface area contributed by atoms with Crippen LogP contribution < -0.4 is 10.7 Å². The maximum Gasteiger partial charge on any atom is 0.335 e. The number of hydrogen-bond donors (Lipinski definition) is 3. The molecule has 2 amide bonds. The first kappa shape index (κ1) is 15.3. The topological polar surface area (TPSA) is 81.7 Å². The zero-order valence-electron chi connectivity index (χ0n) is 12.0. The molecule has 0 saturated carbocycles. The molecule has 6 nitrogen and oxygen atoms in total. The number of urea groups is 1.